The summed E-state index contributed by atoms with van der Waals surface area (Å²) in [5.74, 6) is -0.419. The van der Waals surface area contributed by atoms with Crippen LogP contribution in [0.3, 0.4) is 0 Å². The van der Waals surface area contributed by atoms with E-state index in [4.69, 9.17) is 11.6 Å². The molecule has 1 aliphatic rings. The lowest BCUT2D eigenvalue weighted by Gasteiger charge is -2.18. The predicted molar refractivity (Wildman–Crippen MR) is 90.4 cm³/mol. The number of nitrogens with zero attached hydrogens (tertiary/aromatic N) is 2. The molecule has 0 unspecified atom stereocenters. The van der Waals surface area contributed by atoms with Crippen molar-refractivity contribution in [3.8, 4) is 0 Å². The maximum atomic E-state index is 13.6. The van der Waals surface area contributed by atoms with Crippen LogP contribution in [0.4, 0.5) is 10.1 Å². The van der Waals surface area contributed by atoms with Gasteiger partial charge in [0.15, 0.2) is 4.80 Å². The summed E-state index contributed by atoms with van der Waals surface area (Å²) in [5.41, 5.74) is 1.86. The molecular weight excluding hydrogens is 319 g/mol. The van der Waals surface area contributed by atoms with Gasteiger partial charge < -0.3 is 4.57 Å². The van der Waals surface area contributed by atoms with Gasteiger partial charge in [0.2, 0.25) is 0 Å². The first-order chi connectivity index (χ1) is 10.6. The van der Waals surface area contributed by atoms with Crippen molar-refractivity contribution in [2.45, 2.75) is 51.5 Å². The maximum absolute atomic E-state index is 13.6. The summed E-state index contributed by atoms with van der Waals surface area (Å²) in [4.78, 5) is 5.60. The normalized spacial score (nSPS) is 17.7. The number of halogens is 2. The highest BCUT2D eigenvalue weighted by Gasteiger charge is 2.17. The molecule has 22 heavy (non-hydrogen) atoms. The van der Waals surface area contributed by atoms with E-state index in [2.05, 4.69) is 21.9 Å². The molecule has 1 aliphatic carbocycles. The first-order valence-electron chi connectivity index (χ1n) is 7.81. The highest BCUT2D eigenvalue weighted by Crippen LogP contribution is 2.28. The molecule has 118 valence electrons. The van der Waals surface area contributed by atoms with Gasteiger partial charge in [-0.15, -0.1) is 11.3 Å². The van der Waals surface area contributed by atoms with Crippen LogP contribution in [0.5, 0.6) is 0 Å². The number of hydrogen-bond donors (Lipinski definition) is 0. The Kier molecular flexibility index (Phi) is 4.99. The maximum Gasteiger partial charge on any atom is 0.190 e. The Bertz CT molecular complexity index is 712. The fourth-order valence-electron chi connectivity index (χ4n) is 3.11. The van der Waals surface area contributed by atoms with E-state index < -0.39 is 5.82 Å². The topological polar surface area (TPSA) is 17.3 Å². The SMILES string of the molecule is Cc1csc(=Nc2ccc(Cl)c(F)c2)n1C1CCCCCC1. The quantitative estimate of drug-likeness (QED) is 0.618. The summed E-state index contributed by atoms with van der Waals surface area (Å²) < 4.78 is 15.9. The Labute approximate surface area is 139 Å². The second-order valence-electron chi connectivity index (χ2n) is 5.89. The number of hydrogen-bond acceptors (Lipinski definition) is 2. The summed E-state index contributed by atoms with van der Waals surface area (Å²) in [6.07, 6.45) is 7.63. The molecule has 0 radical (unpaired) electrons. The minimum atomic E-state index is -0.419. The molecular formula is C17H20ClFN2S. The molecule has 1 saturated carbocycles. The van der Waals surface area contributed by atoms with Crippen LogP contribution in [0.1, 0.15) is 50.3 Å². The Hall–Kier alpha value is -1.13. The second-order valence-corrected chi connectivity index (χ2v) is 7.13. The van der Waals surface area contributed by atoms with Crippen molar-refractivity contribution in [2.24, 2.45) is 4.99 Å². The molecule has 0 atom stereocenters. The largest absolute Gasteiger partial charge is 0.318 e. The molecule has 2 nitrogen and oxygen atoms in total. The van der Waals surface area contributed by atoms with Gasteiger partial charge in [-0.25, -0.2) is 9.38 Å². The van der Waals surface area contributed by atoms with Crippen molar-refractivity contribution < 1.29 is 4.39 Å². The van der Waals surface area contributed by atoms with Gasteiger partial charge in [-0.1, -0.05) is 37.3 Å². The third kappa shape index (κ3) is 3.44. The summed E-state index contributed by atoms with van der Waals surface area (Å²) in [5, 5.41) is 2.27. The first-order valence-corrected chi connectivity index (χ1v) is 9.07. The Morgan fingerprint density at radius 1 is 1.23 bits per heavy atom. The zero-order valence-corrected chi connectivity index (χ0v) is 14.3. The van der Waals surface area contributed by atoms with Gasteiger partial charge in [0.1, 0.15) is 5.82 Å². The number of aryl methyl sites for hydroxylation is 1. The standard InChI is InChI=1S/C17H20ClFN2S/c1-12-11-22-17(20-13-8-9-15(18)16(19)10-13)21(12)14-6-4-2-3-5-7-14/h8-11,14H,2-7H2,1H3. The van der Waals surface area contributed by atoms with Gasteiger partial charge >= 0.3 is 0 Å². The third-order valence-electron chi connectivity index (χ3n) is 4.24. The van der Waals surface area contributed by atoms with E-state index in [0.717, 1.165) is 4.80 Å². The molecule has 0 spiro atoms. The van der Waals surface area contributed by atoms with Crippen molar-refractivity contribution >= 4 is 28.6 Å². The van der Waals surface area contributed by atoms with E-state index in [0.29, 0.717) is 11.7 Å². The molecule has 1 heterocycles. The van der Waals surface area contributed by atoms with Gasteiger partial charge in [-0.3, -0.25) is 0 Å². The number of thiazole rings is 1. The van der Waals surface area contributed by atoms with Crippen LogP contribution < -0.4 is 4.80 Å². The minimum absolute atomic E-state index is 0.137. The molecule has 1 fully saturated rings. The second kappa shape index (κ2) is 6.97. The summed E-state index contributed by atoms with van der Waals surface area (Å²) in [6, 6.07) is 5.24. The van der Waals surface area contributed by atoms with Crippen molar-refractivity contribution in [1.29, 1.82) is 0 Å². The number of rotatable bonds is 2. The lowest BCUT2D eigenvalue weighted by molar-refractivity contribution is 0.428. The zero-order chi connectivity index (χ0) is 15.5. The average Bonchev–Trinajstić information content (AvgIpc) is 2.71. The summed E-state index contributed by atoms with van der Waals surface area (Å²) in [7, 11) is 0. The molecule has 0 N–H and O–H groups in total. The molecule has 1 aromatic carbocycles. The van der Waals surface area contributed by atoms with Gasteiger partial charge in [0, 0.05) is 23.2 Å². The molecule has 0 amide bonds. The van der Waals surface area contributed by atoms with Crippen LogP contribution in [-0.2, 0) is 0 Å². The molecule has 3 rings (SSSR count). The van der Waals surface area contributed by atoms with Crippen molar-refractivity contribution in [1.82, 2.24) is 4.57 Å². The molecule has 1 aromatic heterocycles. The highest BCUT2D eigenvalue weighted by molar-refractivity contribution is 7.07. The molecule has 0 aliphatic heterocycles. The van der Waals surface area contributed by atoms with Crippen molar-refractivity contribution in [3.63, 3.8) is 0 Å². The van der Waals surface area contributed by atoms with E-state index in [-0.39, 0.29) is 5.02 Å². The van der Waals surface area contributed by atoms with Gasteiger partial charge in [-0.2, -0.15) is 0 Å². The van der Waals surface area contributed by atoms with Gasteiger partial charge in [-0.05, 0) is 31.9 Å². The van der Waals surface area contributed by atoms with Crippen LogP contribution in [0.15, 0.2) is 28.6 Å². The average molecular weight is 339 g/mol. The molecule has 2 aromatic rings. The van der Waals surface area contributed by atoms with E-state index in [1.807, 2.05) is 0 Å². The van der Waals surface area contributed by atoms with Crippen LogP contribution >= 0.6 is 22.9 Å². The van der Waals surface area contributed by atoms with Crippen LogP contribution in [0.25, 0.3) is 0 Å². The lowest BCUT2D eigenvalue weighted by Crippen LogP contribution is -2.21. The Morgan fingerprint density at radius 3 is 2.64 bits per heavy atom. The highest BCUT2D eigenvalue weighted by atomic mass is 35.5. The van der Waals surface area contributed by atoms with Gasteiger partial charge in [0.25, 0.3) is 0 Å². The predicted octanol–water partition coefficient (Wildman–Crippen LogP) is 5.78. The molecule has 0 bridgehead atoms. The van der Waals surface area contributed by atoms with Crippen molar-refractivity contribution in [2.75, 3.05) is 0 Å². The number of aromatic nitrogens is 1. The first kappa shape index (κ1) is 15.8. The van der Waals surface area contributed by atoms with Crippen LogP contribution in [0.2, 0.25) is 5.02 Å². The monoisotopic (exact) mass is 338 g/mol. The van der Waals surface area contributed by atoms with Crippen LogP contribution in [-0.4, -0.2) is 4.57 Å². The van der Waals surface area contributed by atoms with E-state index >= 15 is 0 Å². The van der Waals surface area contributed by atoms with E-state index in [1.165, 1.54) is 50.3 Å². The van der Waals surface area contributed by atoms with Crippen molar-refractivity contribution in [3.05, 3.63) is 44.9 Å². The minimum Gasteiger partial charge on any atom is -0.318 e. The fraction of sp³-hybridized carbons (Fsp3) is 0.471. The van der Waals surface area contributed by atoms with E-state index in [1.54, 1.807) is 23.5 Å². The number of benzene rings is 1. The zero-order valence-electron chi connectivity index (χ0n) is 12.7. The van der Waals surface area contributed by atoms with Gasteiger partial charge in [0.05, 0.1) is 10.7 Å². The summed E-state index contributed by atoms with van der Waals surface area (Å²) >= 11 is 7.36. The summed E-state index contributed by atoms with van der Waals surface area (Å²) in [6.45, 7) is 2.13. The Balaban J connectivity index is 2.00. The molecule has 5 heteroatoms. The lowest BCUT2D eigenvalue weighted by atomic mass is 10.1. The van der Waals surface area contributed by atoms with Crippen LogP contribution in [0, 0.1) is 12.7 Å². The molecule has 0 saturated heterocycles. The third-order valence-corrected chi connectivity index (χ3v) is 5.50. The van der Waals surface area contributed by atoms with E-state index in [9.17, 15) is 4.39 Å². The Morgan fingerprint density at radius 2 is 1.95 bits per heavy atom. The smallest absolute Gasteiger partial charge is 0.190 e. The fourth-order valence-corrected chi connectivity index (χ4v) is 4.18.